The van der Waals surface area contributed by atoms with Gasteiger partial charge in [0.2, 0.25) is 0 Å². The van der Waals surface area contributed by atoms with E-state index in [4.69, 9.17) is 0 Å². The van der Waals surface area contributed by atoms with Gasteiger partial charge in [0.05, 0.1) is 0 Å². The second-order valence-electron chi connectivity index (χ2n) is 4.59. The van der Waals surface area contributed by atoms with Crippen LogP contribution in [0.3, 0.4) is 0 Å². The summed E-state index contributed by atoms with van der Waals surface area (Å²) in [4.78, 5) is 26.6. The molecule has 4 heteroatoms. The van der Waals surface area contributed by atoms with E-state index in [1.165, 1.54) is 0 Å². The molecule has 3 rings (SSSR count). The molecular formula is C18H12O2Se2. The summed E-state index contributed by atoms with van der Waals surface area (Å²) in [6.45, 7) is 0. The molecule has 0 amide bonds. The number of allylic oxidation sites excluding steroid dienone is 2. The minimum atomic E-state index is -0.0304. The molecular weight excluding hydrogens is 406 g/mol. The zero-order chi connectivity index (χ0) is 15.4. The summed E-state index contributed by atoms with van der Waals surface area (Å²) in [5.41, 5.74) is 1.42. The van der Waals surface area contributed by atoms with Crippen molar-refractivity contribution in [1.82, 2.24) is 0 Å². The Hall–Kier alpha value is -1.70. The van der Waals surface area contributed by atoms with E-state index >= 15 is 0 Å². The van der Waals surface area contributed by atoms with Crippen LogP contribution in [0.5, 0.6) is 0 Å². The average molecular weight is 418 g/mol. The van der Waals surface area contributed by atoms with Crippen LogP contribution in [0.2, 0.25) is 0 Å². The van der Waals surface area contributed by atoms with Crippen LogP contribution < -0.4 is 0 Å². The molecule has 1 aliphatic heterocycles. The fourth-order valence-electron chi connectivity index (χ4n) is 1.96. The second-order valence-corrected chi connectivity index (χ2v) is 10.1. The second kappa shape index (κ2) is 7.04. The Morgan fingerprint density at radius 2 is 1.41 bits per heavy atom. The Labute approximate surface area is 141 Å². The van der Waals surface area contributed by atoms with Crippen LogP contribution in [0.4, 0.5) is 0 Å². The number of carbonyl (C=O) groups excluding carboxylic acids is 2. The molecule has 108 valence electrons. The molecule has 0 saturated carbocycles. The molecule has 1 aliphatic rings. The maximum absolute atomic E-state index is 12.4. The summed E-state index contributed by atoms with van der Waals surface area (Å²) < 4.78 is 1.99. The van der Waals surface area contributed by atoms with Gasteiger partial charge < -0.3 is 0 Å². The van der Waals surface area contributed by atoms with E-state index in [-0.39, 0.29) is 41.5 Å². The number of carbonyl (C=O) groups is 2. The summed E-state index contributed by atoms with van der Waals surface area (Å²) in [6, 6.07) is 18.6. The van der Waals surface area contributed by atoms with Gasteiger partial charge >= 0.3 is 142 Å². The zero-order valence-corrected chi connectivity index (χ0v) is 15.0. The minimum absolute atomic E-state index is 0.0289. The maximum atomic E-state index is 12.4. The molecule has 0 aliphatic carbocycles. The van der Waals surface area contributed by atoms with Crippen molar-refractivity contribution in [2.75, 3.05) is 0 Å². The van der Waals surface area contributed by atoms with E-state index < -0.39 is 0 Å². The summed E-state index contributed by atoms with van der Waals surface area (Å²) in [5, 5.41) is 0. The summed E-state index contributed by atoms with van der Waals surface area (Å²) in [6.07, 6.45) is 1.72. The Morgan fingerprint density at radius 1 is 0.818 bits per heavy atom. The molecule has 0 atom stereocenters. The predicted octanol–water partition coefficient (Wildman–Crippen LogP) is 2.86. The first-order valence-electron chi connectivity index (χ1n) is 6.69. The van der Waals surface area contributed by atoms with Gasteiger partial charge in [0, 0.05) is 0 Å². The average Bonchev–Trinajstić information content (AvgIpc) is 3.04. The van der Waals surface area contributed by atoms with E-state index in [1.54, 1.807) is 6.08 Å². The number of rotatable bonds is 4. The molecule has 0 bridgehead atoms. The SMILES string of the molecule is O=C(C=C1[Se]C=C(C(=O)c2ccccc2)[Se]1)c1ccccc1. The van der Waals surface area contributed by atoms with Crippen molar-refractivity contribution in [2.45, 2.75) is 0 Å². The van der Waals surface area contributed by atoms with Crippen LogP contribution >= 0.6 is 0 Å². The molecule has 2 aromatic rings. The Morgan fingerprint density at radius 3 is 2.05 bits per heavy atom. The molecule has 22 heavy (non-hydrogen) atoms. The number of hydrogen-bond acceptors (Lipinski definition) is 2. The Bertz CT molecular complexity index is 762. The first kappa shape index (κ1) is 15.2. The van der Waals surface area contributed by atoms with Crippen LogP contribution in [0.1, 0.15) is 20.7 Å². The van der Waals surface area contributed by atoms with Crippen LogP contribution in [-0.2, 0) is 0 Å². The summed E-state index contributed by atoms with van der Waals surface area (Å²) >= 11 is 0.0849. The van der Waals surface area contributed by atoms with Crippen molar-refractivity contribution in [3.8, 4) is 0 Å². The molecule has 1 heterocycles. The third kappa shape index (κ3) is 3.55. The van der Waals surface area contributed by atoms with E-state index in [1.807, 2.05) is 65.6 Å². The van der Waals surface area contributed by atoms with Crippen LogP contribution in [0.25, 0.3) is 0 Å². The van der Waals surface area contributed by atoms with Gasteiger partial charge in [0.25, 0.3) is 0 Å². The van der Waals surface area contributed by atoms with Crippen molar-refractivity contribution < 1.29 is 9.59 Å². The zero-order valence-electron chi connectivity index (χ0n) is 11.6. The third-order valence-electron chi connectivity index (χ3n) is 3.06. The molecule has 0 unspecified atom stereocenters. The fraction of sp³-hybridized carbons (Fsp3) is 0. The van der Waals surface area contributed by atoms with Crippen molar-refractivity contribution in [2.24, 2.45) is 0 Å². The van der Waals surface area contributed by atoms with Gasteiger partial charge in [-0.3, -0.25) is 0 Å². The number of hydrogen-bond donors (Lipinski definition) is 0. The summed E-state index contributed by atoms with van der Waals surface area (Å²) in [5.74, 6) is 0.124. The molecule has 0 saturated heterocycles. The fourth-order valence-corrected chi connectivity index (χ4v) is 7.54. The standard InChI is InChI=1S/C18H12O2Se2/c19-15(13-7-3-1-4-8-13)11-17-21-12-16(22-17)18(20)14-9-5-2-6-10-14/h1-12H. The first-order chi connectivity index (χ1) is 10.7. The van der Waals surface area contributed by atoms with Crippen LogP contribution in [0, 0.1) is 0 Å². The van der Waals surface area contributed by atoms with E-state index in [9.17, 15) is 9.59 Å². The van der Waals surface area contributed by atoms with Gasteiger partial charge in [-0.1, -0.05) is 0 Å². The molecule has 2 aromatic carbocycles. The van der Waals surface area contributed by atoms with Gasteiger partial charge in [-0.2, -0.15) is 0 Å². The molecule has 2 nitrogen and oxygen atoms in total. The molecule has 0 fully saturated rings. The molecule has 0 radical (unpaired) electrons. The van der Waals surface area contributed by atoms with E-state index in [0.717, 1.165) is 13.4 Å². The monoisotopic (exact) mass is 420 g/mol. The number of ketones is 2. The normalized spacial score (nSPS) is 15.6. The van der Waals surface area contributed by atoms with Gasteiger partial charge in [0.1, 0.15) is 0 Å². The number of benzene rings is 2. The Balaban J connectivity index is 1.71. The third-order valence-corrected chi connectivity index (χ3v) is 9.02. The quantitative estimate of drug-likeness (QED) is 0.435. The van der Waals surface area contributed by atoms with Gasteiger partial charge in [-0.05, 0) is 0 Å². The van der Waals surface area contributed by atoms with Crippen LogP contribution in [-0.4, -0.2) is 41.5 Å². The van der Waals surface area contributed by atoms with Crippen molar-refractivity contribution in [1.29, 1.82) is 0 Å². The van der Waals surface area contributed by atoms with Gasteiger partial charge in [-0.15, -0.1) is 0 Å². The predicted molar refractivity (Wildman–Crippen MR) is 89.2 cm³/mol. The Kier molecular flexibility index (Phi) is 4.86. The molecule has 0 spiro atoms. The van der Waals surface area contributed by atoms with Crippen molar-refractivity contribution in [3.05, 3.63) is 90.7 Å². The van der Waals surface area contributed by atoms with Gasteiger partial charge in [-0.25, -0.2) is 0 Å². The number of Topliss-reactive ketones (excluding diaryl/α,β-unsaturated/α-hetero) is 1. The van der Waals surface area contributed by atoms with Crippen molar-refractivity contribution in [3.63, 3.8) is 0 Å². The van der Waals surface area contributed by atoms with E-state index in [0.29, 0.717) is 5.56 Å². The topological polar surface area (TPSA) is 34.1 Å². The molecule has 0 aromatic heterocycles. The van der Waals surface area contributed by atoms with Crippen LogP contribution in [0.15, 0.2) is 79.6 Å². The summed E-state index contributed by atoms with van der Waals surface area (Å²) in [7, 11) is 0. The van der Waals surface area contributed by atoms with E-state index in [2.05, 4.69) is 0 Å². The van der Waals surface area contributed by atoms with Crippen molar-refractivity contribution >= 4 is 41.5 Å². The first-order valence-corrected chi connectivity index (χ1v) is 10.3. The van der Waals surface area contributed by atoms with Gasteiger partial charge in [0.15, 0.2) is 0 Å². The molecule has 0 N–H and O–H groups in total.